The van der Waals surface area contributed by atoms with Gasteiger partial charge in [0.15, 0.2) is 6.61 Å². The number of nitrogens with one attached hydrogen (secondary N) is 2. The molecule has 3 aromatic rings. The predicted octanol–water partition coefficient (Wildman–Crippen LogP) is 4.13. The number of benzene rings is 3. The Balaban J connectivity index is 1.43. The van der Waals surface area contributed by atoms with Crippen molar-refractivity contribution >= 4 is 17.3 Å². The molecular formula is C22H22N2O3. The molecule has 138 valence electrons. The van der Waals surface area contributed by atoms with Gasteiger partial charge in [0.25, 0.3) is 5.91 Å². The van der Waals surface area contributed by atoms with Crippen molar-refractivity contribution in [2.24, 2.45) is 0 Å². The van der Waals surface area contributed by atoms with Gasteiger partial charge in [-0.25, -0.2) is 0 Å². The summed E-state index contributed by atoms with van der Waals surface area (Å²) in [4.78, 5) is 11.9. The Labute approximate surface area is 158 Å². The molecule has 0 atom stereocenters. The van der Waals surface area contributed by atoms with E-state index in [1.807, 2.05) is 78.9 Å². The lowest BCUT2D eigenvalue weighted by molar-refractivity contribution is -0.123. The van der Waals surface area contributed by atoms with Crippen molar-refractivity contribution in [3.63, 3.8) is 0 Å². The standard InChI is InChI=1S/C22H22N2O3/c1-26-20-11-7-17(8-12-20)15-23-22(25)16-27-21-13-9-19(10-14-21)24-18-5-3-2-4-6-18/h2-14,24H,15-16H2,1H3,(H,23,25). The monoisotopic (exact) mass is 362 g/mol. The lowest BCUT2D eigenvalue weighted by Crippen LogP contribution is -2.28. The van der Waals surface area contributed by atoms with E-state index >= 15 is 0 Å². The normalized spacial score (nSPS) is 10.1. The average Bonchev–Trinajstić information content (AvgIpc) is 2.73. The second-order valence-electron chi connectivity index (χ2n) is 5.93. The molecule has 0 aliphatic rings. The summed E-state index contributed by atoms with van der Waals surface area (Å²) in [5.74, 6) is 1.27. The van der Waals surface area contributed by atoms with Crippen LogP contribution in [0.5, 0.6) is 11.5 Å². The van der Waals surface area contributed by atoms with Crippen LogP contribution in [0.25, 0.3) is 0 Å². The SMILES string of the molecule is COc1ccc(CNC(=O)COc2ccc(Nc3ccccc3)cc2)cc1. The number of carbonyl (C=O) groups excluding carboxylic acids is 1. The molecule has 0 spiro atoms. The first-order valence-electron chi connectivity index (χ1n) is 8.67. The number of para-hydroxylation sites is 1. The fourth-order valence-corrected chi connectivity index (χ4v) is 2.47. The van der Waals surface area contributed by atoms with E-state index in [-0.39, 0.29) is 12.5 Å². The summed E-state index contributed by atoms with van der Waals surface area (Å²) in [5.41, 5.74) is 2.97. The molecule has 5 nitrogen and oxygen atoms in total. The van der Waals surface area contributed by atoms with Crippen LogP contribution in [0.4, 0.5) is 11.4 Å². The molecule has 0 aliphatic heterocycles. The van der Waals surface area contributed by atoms with Crippen LogP contribution in [0.2, 0.25) is 0 Å². The zero-order valence-electron chi connectivity index (χ0n) is 15.1. The first kappa shape index (κ1) is 18.3. The Morgan fingerprint density at radius 3 is 2.11 bits per heavy atom. The van der Waals surface area contributed by atoms with Gasteiger partial charge in [-0.1, -0.05) is 30.3 Å². The van der Waals surface area contributed by atoms with E-state index < -0.39 is 0 Å². The van der Waals surface area contributed by atoms with Crippen molar-refractivity contribution < 1.29 is 14.3 Å². The van der Waals surface area contributed by atoms with Gasteiger partial charge in [0.05, 0.1) is 7.11 Å². The molecule has 3 aromatic carbocycles. The average molecular weight is 362 g/mol. The smallest absolute Gasteiger partial charge is 0.258 e. The number of ether oxygens (including phenoxy) is 2. The summed E-state index contributed by atoms with van der Waals surface area (Å²) in [6.07, 6.45) is 0. The van der Waals surface area contributed by atoms with Crippen molar-refractivity contribution in [3.8, 4) is 11.5 Å². The van der Waals surface area contributed by atoms with Gasteiger partial charge in [0.2, 0.25) is 0 Å². The largest absolute Gasteiger partial charge is 0.497 e. The number of hydrogen-bond donors (Lipinski definition) is 2. The summed E-state index contributed by atoms with van der Waals surface area (Å²) >= 11 is 0. The second kappa shape index (κ2) is 9.29. The van der Waals surface area contributed by atoms with Gasteiger partial charge in [0.1, 0.15) is 11.5 Å². The fourth-order valence-electron chi connectivity index (χ4n) is 2.47. The maximum atomic E-state index is 11.9. The molecule has 0 aromatic heterocycles. The topological polar surface area (TPSA) is 59.6 Å². The molecule has 3 rings (SSSR count). The lowest BCUT2D eigenvalue weighted by atomic mass is 10.2. The van der Waals surface area contributed by atoms with Crippen LogP contribution in [0.1, 0.15) is 5.56 Å². The highest BCUT2D eigenvalue weighted by Crippen LogP contribution is 2.19. The molecule has 0 fully saturated rings. The molecule has 0 unspecified atom stereocenters. The van der Waals surface area contributed by atoms with E-state index in [1.165, 1.54) is 0 Å². The van der Waals surface area contributed by atoms with Crippen LogP contribution in [-0.4, -0.2) is 19.6 Å². The van der Waals surface area contributed by atoms with E-state index in [0.29, 0.717) is 12.3 Å². The highest BCUT2D eigenvalue weighted by Gasteiger charge is 2.04. The lowest BCUT2D eigenvalue weighted by Gasteiger charge is -2.10. The van der Waals surface area contributed by atoms with E-state index in [9.17, 15) is 4.79 Å². The third-order valence-corrected chi connectivity index (χ3v) is 3.94. The van der Waals surface area contributed by atoms with Gasteiger partial charge in [0, 0.05) is 17.9 Å². The van der Waals surface area contributed by atoms with Crippen molar-refractivity contribution in [1.82, 2.24) is 5.32 Å². The first-order chi connectivity index (χ1) is 13.2. The van der Waals surface area contributed by atoms with E-state index in [2.05, 4.69) is 10.6 Å². The molecule has 0 saturated heterocycles. The van der Waals surface area contributed by atoms with E-state index in [4.69, 9.17) is 9.47 Å². The number of rotatable bonds is 8. The minimum atomic E-state index is -0.169. The maximum absolute atomic E-state index is 11.9. The molecule has 0 saturated carbocycles. The summed E-state index contributed by atoms with van der Waals surface area (Å²) in [6.45, 7) is 0.424. The number of carbonyl (C=O) groups is 1. The molecule has 1 amide bonds. The van der Waals surface area contributed by atoms with Gasteiger partial charge in [-0.15, -0.1) is 0 Å². The van der Waals surface area contributed by atoms with Gasteiger partial charge in [-0.2, -0.15) is 0 Å². The molecule has 27 heavy (non-hydrogen) atoms. The summed E-state index contributed by atoms with van der Waals surface area (Å²) in [5, 5.41) is 6.13. The molecule has 0 heterocycles. The molecular weight excluding hydrogens is 340 g/mol. The number of hydrogen-bond acceptors (Lipinski definition) is 4. The minimum absolute atomic E-state index is 0.0262. The fraction of sp³-hybridized carbons (Fsp3) is 0.136. The Bertz CT molecular complexity index is 847. The number of anilines is 2. The molecule has 2 N–H and O–H groups in total. The highest BCUT2D eigenvalue weighted by atomic mass is 16.5. The van der Waals surface area contributed by atoms with Crippen molar-refractivity contribution in [2.45, 2.75) is 6.54 Å². The van der Waals surface area contributed by atoms with Crippen LogP contribution in [0, 0.1) is 0 Å². The van der Waals surface area contributed by atoms with E-state index in [0.717, 1.165) is 22.7 Å². The predicted molar refractivity (Wildman–Crippen MR) is 107 cm³/mol. The Morgan fingerprint density at radius 1 is 0.815 bits per heavy atom. The summed E-state index contributed by atoms with van der Waals surface area (Å²) in [7, 11) is 1.62. The van der Waals surface area contributed by atoms with Crippen LogP contribution in [0.15, 0.2) is 78.9 Å². The van der Waals surface area contributed by atoms with Gasteiger partial charge in [-0.3, -0.25) is 4.79 Å². The van der Waals surface area contributed by atoms with Crippen molar-refractivity contribution in [1.29, 1.82) is 0 Å². The number of amides is 1. The van der Waals surface area contributed by atoms with Crippen molar-refractivity contribution in [3.05, 3.63) is 84.4 Å². The maximum Gasteiger partial charge on any atom is 0.258 e. The molecule has 0 aliphatic carbocycles. The zero-order chi connectivity index (χ0) is 18.9. The van der Waals surface area contributed by atoms with Crippen LogP contribution < -0.4 is 20.1 Å². The third kappa shape index (κ3) is 5.78. The summed E-state index contributed by atoms with van der Waals surface area (Å²) < 4.78 is 10.7. The zero-order valence-corrected chi connectivity index (χ0v) is 15.1. The van der Waals surface area contributed by atoms with E-state index in [1.54, 1.807) is 7.11 Å². The Morgan fingerprint density at radius 2 is 1.44 bits per heavy atom. The minimum Gasteiger partial charge on any atom is -0.497 e. The summed E-state index contributed by atoms with van der Waals surface area (Å²) in [6, 6.07) is 25.0. The van der Waals surface area contributed by atoms with Gasteiger partial charge in [-0.05, 0) is 54.1 Å². The number of methoxy groups -OCH3 is 1. The second-order valence-corrected chi connectivity index (χ2v) is 5.93. The quantitative estimate of drug-likeness (QED) is 0.632. The van der Waals surface area contributed by atoms with Crippen LogP contribution in [-0.2, 0) is 11.3 Å². The third-order valence-electron chi connectivity index (χ3n) is 3.94. The van der Waals surface area contributed by atoms with Crippen LogP contribution >= 0.6 is 0 Å². The molecule has 0 bridgehead atoms. The van der Waals surface area contributed by atoms with Gasteiger partial charge < -0.3 is 20.1 Å². The Kier molecular flexibility index (Phi) is 6.30. The first-order valence-corrected chi connectivity index (χ1v) is 8.67. The molecule has 0 radical (unpaired) electrons. The Hall–Kier alpha value is -3.47. The van der Waals surface area contributed by atoms with Crippen LogP contribution in [0.3, 0.4) is 0 Å². The molecule has 5 heteroatoms. The van der Waals surface area contributed by atoms with Gasteiger partial charge >= 0.3 is 0 Å². The highest BCUT2D eigenvalue weighted by molar-refractivity contribution is 5.77. The van der Waals surface area contributed by atoms with Crippen molar-refractivity contribution in [2.75, 3.05) is 19.0 Å².